The normalized spacial score (nSPS) is 23.1. The number of carbonyl (C=O) groups excluding carboxylic acids is 3. The lowest BCUT2D eigenvalue weighted by atomic mass is 9.80. The van der Waals surface area contributed by atoms with Crippen LogP contribution in [0.25, 0.3) is 0 Å². The van der Waals surface area contributed by atoms with Gasteiger partial charge in [-0.1, -0.05) is 36.4 Å². The van der Waals surface area contributed by atoms with Gasteiger partial charge in [0.2, 0.25) is 11.8 Å². The highest BCUT2D eigenvalue weighted by Gasteiger charge is 2.35. The number of para-hydroxylation sites is 1. The Kier molecular flexibility index (Phi) is 6.40. The molecule has 0 aromatic heterocycles. The first-order valence-corrected chi connectivity index (χ1v) is 12.5. The van der Waals surface area contributed by atoms with Crippen molar-refractivity contribution in [2.75, 3.05) is 37.6 Å². The van der Waals surface area contributed by atoms with Gasteiger partial charge < -0.3 is 9.80 Å². The van der Waals surface area contributed by atoms with E-state index in [0.29, 0.717) is 18.5 Å². The van der Waals surface area contributed by atoms with Crippen LogP contribution in [0.5, 0.6) is 0 Å². The molecule has 1 saturated heterocycles. The van der Waals surface area contributed by atoms with Gasteiger partial charge >= 0.3 is 0 Å². The fourth-order valence-corrected chi connectivity index (χ4v) is 5.78. The van der Waals surface area contributed by atoms with Crippen LogP contribution in [-0.4, -0.2) is 60.2 Å². The van der Waals surface area contributed by atoms with Crippen LogP contribution in [0.1, 0.15) is 47.2 Å². The predicted molar refractivity (Wildman–Crippen MR) is 132 cm³/mol. The van der Waals surface area contributed by atoms with Crippen molar-refractivity contribution in [2.45, 2.75) is 39.0 Å². The highest BCUT2D eigenvalue weighted by Crippen LogP contribution is 2.32. The number of aryl methyl sites for hydroxylation is 1. The van der Waals surface area contributed by atoms with Crippen molar-refractivity contribution in [3.63, 3.8) is 0 Å². The van der Waals surface area contributed by atoms with Gasteiger partial charge in [-0.3, -0.25) is 19.3 Å². The van der Waals surface area contributed by atoms with Gasteiger partial charge in [0.25, 0.3) is 5.91 Å². The first kappa shape index (κ1) is 22.6. The van der Waals surface area contributed by atoms with Crippen LogP contribution in [0.2, 0.25) is 0 Å². The average molecular weight is 460 g/mol. The SMILES string of the molecule is Cc1ccccc1N1CCN(C(=O)C2CCC(CN3C(=O)Cc4ccccc4C3=O)CC2)CC1. The molecular weight excluding hydrogens is 426 g/mol. The summed E-state index contributed by atoms with van der Waals surface area (Å²) in [6, 6.07) is 15.8. The molecule has 0 bridgehead atoms. The molecule has 178 valence electrons. The molecule has 2 fully saturated rings. The van der Waals surface area contributed by atoms with E-state index in [4.69, 9.17) is 0 Å². The Morgan fingerprint density at radius 2 is 1.56 bits per heavy atom. The molecule has 2 aromatic rings. The Hall–Kier alpha value is -3.15. The molecule has 1 saturated carbocycles. The summed E-state index contributed by atoms with van der Waals surface area (Å²) in [7, 11) is 0. The summed E-state index contributed by atoms with van der Waals surface area (Å²) in [6.07, 6.45) is 3.75. The second-order valence-corrected chi connectivity index (χ2v) is 9.96. The zero-order valence-corrected chi connectivity index (χ0v) is 19.9. The van der Waals surface area contributed by atoms with Gasteiger partial charge in [-0.25, -0.2) is 0 Å². The number of nitrogens with zero attached hydrogens (tertiary/aromatic N) is 3. The monoisotopic (exact) mass is 459 g/mol. The van der Waals surface area contributed by atoms with E-state index in [2.05, 4.69) is 36.1 Å². The van der Waals surface area contributed by atoms with Crippen molar-refractivity contribution >= 4 is 23.4 Å². The predicted octanol–water partition coefficient (Wildman–Crippen LogP) is 3.68. The molecule has 3 aliphatic rings. The van der Waals surface area contributed by atoms with Gasteiger partial charge in [0.15, 0.2) is 0 Å². The van der Waals surface area contributed by atoms with Gasteiger partial charge in [0, 0.05) is 49.9 Å². The van der Waals surface area contributed by atoms with Crippen molar-refractivity contribution in [1.82, 2.24) is 9.80 Å². The van der Waals surface area contributed by atoms with Crippen LogP contribution in [0.4, 0.5) is 5.69 Å². The maximum Gasteiger partial charge on any atom is 0.260 e. The third kappa shape index (κ3) is 4.46. The molecule has 0 atom stereocenters. The van der Waals surface area contributed by atoms with E-state index >= 15 is 0 Å². The Morgan fingerprint density at radius 1 is 0.882 bits per heavy atom. The highest BCUT2D eigenvalue weighted by molar-refractivity contribution is 6.09. The summed E-state index contributed by atoms with van der Waals surface area (Å²) in [5.41, 5.74) is 4.01. The Bertz CT molecular complexity index is 1080. The molecule has 2 aliphatic heterocycles. The third-order valence-electron chi connectivity index (χ3n) is 7.82. The molecule has 0 radical (unpaired) electrons. The number of benzene rings is 2. The van der Waals surface area contributed by atoms with E-state index < -0.39 is 0 Å². The minimum atomic E-state index is -0.170. The number of carbonyl (C=O) groups is 3. The quantitative estimate of drug-likeness (QED) is 0.655. The number of imide groups is 1. The standard InChI is InChI=1S/C28H33N3O3/c1-20-6-2-5-9-25(20)29-14-16-30(17-15-29)27(33)22-12-10-21(11-13-22)19-31-26(32)18-23-7-3-4-8-24(23)28(31)34/h2-9,21-22H,10-19H2,1H3. The maximum absolute atomic E-state index is 13.2. The summed E-state index contributed by atoms with van der Waals surface area (Å²) in [5.74, 6) is 0.349. The zero-order valence-electron chi connectivity index (χ0n) is 19.9. The number of anilines is 1. The Balaban J connectivity index is 1.12. The molecule has 3 amide bonds. The topological polar surface area (TPSA) is 60.9 Å². The number of fused-ring (bicyclic) bond motifs is 1. The number of rotatable bonds is 4. The fraction of sp³-hybridized carbons (Fsp3) is 0.464. The first-order chi connectivity index (χ1) is 16.5. The number of hydrogen-bond donors (Lipinski definition) is 0. The maximum atomic E-state index is 13.2. The van der Waals surface area contributed by atoms with Crippen LogP contribution in [-0.2, 0) is 16.0 Å². The van der Waals surface area contributed by atoms with E-state index in [1.165, 1.54) is 16.2 Å². The van der Waals surface area contributed by atoms with Crippen LogP contribution < -0.4 is 4.90 Å². The van der Waals surface area contributed by atoms with E-state index in [0.717, 1.165) is 57.4 Å². The molecular formula is C28H33N3O3. The van der Waals surface area contributed by atoms with Crippen LogP contribution in [0.3, 0.4) is 0 Å². The van der Waals surface area contributed by atoms with E-state index in [1.54, 1.807) is 0 Å². The van der Waals surface area contributed by atoms with Crippen LogP contribution >= 0.6 is 0 Å². The van der Waals surface area contributed by atoms with Crippen molar-refractivity contribution in [2.24, 2.45) is 11.8 Å². The smallest absolute Gasteiger partial charge is 0.260 e. The summed E-state index contributed by atoms with van der Waals surface area (Å²) in [6.45, 7) is 5.88. The van der Waals surface area contributed by atoms with Gasteiger partial charge in [-0.2, -0.15) is 0 Å². The number of piperazine rings is 1. The van der Waals surface area contributed by atoms with E-state index in [1.807, 2.05) is 29.2 Å². The van der Waals surface area contributed by atoms with Crippen molar-refractivity contribution in [1.29, 1.82) is 0 Å². The van der Waals surface area contributed by atoms with Crippen molar-refractivity contribution in [3.05, 3.63) is 65.2 Å². The largest absolute Gasteiger partial charge is 0.368 e. The molecule has 2 heterocycles. The minimum Gasteiger partial charge on any atom is -0.368 e. The summed E-state index contributed by atoms with van der Waals surface area (Å²) in [4.78, 5) is 44.5. The van der Waals surface area contributed by atoms with Crippen LogP contribution in [0.15, 0.2) is 48.5 Å². The lowest BCUT2D eigenvalue weighted by Gasteiger charge is -2.39. The molecule has 0 spiro atoms. The average Bonchev–Trinajstić information content (AvgIpc) is 2.87. The molecule has 1 aliphatic carbocycles. The number of hydrogen-bond acceptors (Lipinski definition) is 4. The number of amides is 3. The second kappa shape index (κ2) is 9.61. The van der Waals surface area contributed by atoms with Crippen molar-refractivity contribution in [3.8, 4) is 0 Å². The third-order valence-corrected chi connectivity index (χ3v) is 7.82. The second-order valence-electron chi connectivity index (χ2n) is 9.96. The molecule has 34 heavy (non-hydrogen) atoms. The highest BCUT2D eigenvalue weighted by atomic mass is 16.2. The molecule has 0 unspecified atom stereocenters. The van der Waals surface area contributed by atoms with Gasteiger partial charge in [-0.15, -0.1) is 0 Å². The van der Waals surface area contributed by atoms with E-state index in [-0.39, 0.29) is 29.6 Å². The Labute approximate surface area is 201 Å². The Morgan fingerprint density at radius 3 is 2.29 bits per heavy atom. The summed E-state index contributed by atoms with van der Waals surface area (Å²) >= 11 is 0. The van der Waals surface area contributed by atoms with Crippen LogP contribution in [0, 0.1) is 18.8 Å². The molecule has 6 nitrogen and oxygen atoms in total. The van der Waals surface area contributed by atoms with Gasteiger partial charge in [0.1, 0.15) is 0 Å². The molecule has 0 N–H and O–H groups in total. The van der Waals surface area contributed by atoms with E-state index in [9.17, 15) is 14.4 Å². The minimum absolute atomic E-state index is 0.0646. The molecule has 6 heteroatoms. The summed E-state index contributed by atoms with van der Waals surface area (Å²) < 4.78 is 0. The summed E-state index contributed by atoms with van der Waals surface area (Å²) in [5, 5.41) is 0. The lowest BCUT2D eigenvalue weighted by molar-refractivity contribution is -0.137. The fourth-order valence-electron chi connectivity index (χ4n) is 5.78. The first-order valence-electron chi connectivity index (χ1n) is 12.5. The zero-order chi connectivity index (χ0) is 23.7. The van der Waals surface area contributed by atoms with Gasteiger partial charge in [0.05, 0.1) is 6.42 Å². The van der Waals surface area contributed by atoms with Crippen molar-refractivity contribution < 1.29 is 14.4 Å². The molecule has 2 aromatic carbocycles. The molecule has 5 rings (SSSR count). The lowest BCUT2D eigenvalue weighted by Crippen LogP contribution is -2.51. The van der Waals surface area contributed by atoms with Gasteiger partial charge in [-0.05, 0) is 61.8 Å².